The predicted molar refractivity (Wildman–Crippen MR) is 107 cm³/mol. The molecule has 0 radical (unpaired) electrons. The number of aryl methyl sites for hydroxylation is 1. The van der Waals surface area contributed by atoms with Crippen LogP contribution in [0.2, 0.25) is 0 Å². The van der Waals surface area contributed by atoms with Gasteiger partial charge in [0, 0.05) is 24.9 Å². The van der Waals surface area contributed by atoms with Crippen LogP contribution in [0.15, 0.2) is 12.4 Å². The van der Waals surface area contributed by atoms with E-state index in [9.17, 15) is 4.79 Å². The highest BCUT2D eigenvalue weighted by molar-refractivity contribution is 5.79. The van der Waals surface area contributed by atoms with E-state index in [1.54, 1.807) is 0 Å². The minimum Gasteiger partial charge on any atom is -0.458 e. The second-order valence-electron chi connectivity index (χ2n) is 8.25. The first-order valence-electron chi connectivity index (χ1n) is 11.0. The van der Waals surface area contributed by atoms with Gasteiger partial charge in [-0.05, 0) is 56.4 Å². The Morgan fingerprint density at radius 2 is 1.89 bits per heavy atom. The molecule has 1 amide bonds. The van der Waals surface area contributed by atoms with Crippen molar-refractivity contribution in [3.63, 3.8) is 0 Å². The third-order valence-corrected chi connectivity index (χ3v) is 6.21. The Hall–Kier alpha value is -1.65. The summed E-state index contributed by atoms with van der Waals surface area (Å²) in [5.41, 5.74) is 1.11. The maximum Gasteiger partial charge on any atom is 0.316 e. The van der Waals surface area contributed by atoms with Crippen LogP contribution < -0.4 is 4.74 Å². The predicted octanol–water partition coefficient (Wildman–Crippen LogP) is 4.41. The summed E-state index contributed by atoms with van der Waals surface area (Å²) in [4.78, 5) is 23.6. The Kier molecular flexibility index (Phi) is 7.48. The number of ether oxygens (including phenoxy) is 1. The van der Waals surface area contributed by atoms with Gasteiger partial charge in [0.15, 0.2) is 0 Å². The fraction of sp³-hybridized carbons (Fsp3) is 0.773. The minimum absolute atomic E-state index is 0.0102. The van der Waals surface area contributed by atoms with Gasteiger partial charge in [0.1, 0.15) is 6.10 Å². The van der Waals surface area contributed by atoms with E-state index in [4.69, 9.17) is 4.74 Å². The number of carbonyl (C=O) groups is 1. The molecule has 1 aliphatic heterocycles. The zero-order valence-corrected chi connectivity index (χ0v) is 17.0. The molecule has 1 atom stereocenters. The van der Waals surface area contributed by atoms with E-state index < -0.39 is 0 Å². The molecule has 27 heavy (non-hydrogen) atoms. The molecule has 1 aliphatic carbocycles. The highest BCUT2D eigenvalue weighted by atomic mass is 16.5. The summed E-state index contributed by atoms with van der Waals surface area (Å²) in [6.45, 7) is 5.88. The quantitative estimate of drug-likeness (QED) is 0.710. The van der Waals surface area contributed by atoms with Crippen LogP contribution in [-0.4, -0.2) is 40.0 Å². The highest BCUT2D eigenvalue weighted by Crippen LogP contribution is 2.33. The highest BCUT2D eigenvalue weighted by Gasteiger charge is 2.32. The average Bonchev–Trinajstić information content (AvgIpc) is 2.73. The molecule has 0 N–H and O–H groups in total. The Morgan fingerprint density at radius 1 is 1.15 bits per heavy atom. The van der Waals surface area contributed by atoms with Gasteiger partial charge >= 0.3 is 6.01 Å². The number of amides is 1. The van der Waals surface area contributed by atoms with E-state index in [-0.39, 0.29) is 12.0 Å². The lowest BCUT2D eigenvalue weighted by molar-refractivity contribution is -0.139. The Bertz CT molecular complexity index is 582. The number of likely N-dealkylation sites (tertiary alicyclic amines) is 1. The average molecular weight is 374 g/mol. The van der Waals surface area contributed by atoms with Crippen LogP contribution in [0.4, 0.5) is 0 Å². The molecule has 1 saturated heterocycles. The second kappa shape index (κ2) is 10.0. The molecule has 1 saturated carbocycles. The second-order valence-corrected chi connectivity index (χ2v) is 8.25. The largest absolute Gasteiger partial charge is 0.458 e. The standard InChI is InChI=1S/C22H35N3O2/c1-3-5-7-18-9-11-19(12-10-18)21(26)25-13-6-8-20(16-25)27-22-23-14-17(4-2)15-24-22/h14-15,18-20H,3-13,16H2,1-2H3. The van der Waals surface area contributed by atoms with Crippen molar-refractivity contribution < 1.29 is 9.53 Å². The molecule has 5 heteroatoms. The molecule has 2 aliphatic rings. The van der Waals surface area contributed by atoms with E-state index in [1.807, 2.05) is 17.3 Å². The molecule has 3 rings (SSSR count). The van der Waals surface area contributed by atoms with Crippen molar-refractivity contribution >= 4 is 5.91 Å². The lowest BCUT2D eigenvalue weighted by Crippen LogP contribution is -2.47. The molecule has 1 aromatic rings. The van der Waals surface area contributed by atoms with E-state index in [1.165, 1.54) is 32.1 Å². The van der Waals surface area contributed by atoms with E-state index in [0.717, 1.165) is 50.1 Å². The number of rotatable bonds is 7. The van der Waals surface area contributed by atoms with E-state index in [0.29, 0.717) is 18.5 Å². The van der Waals surface area contributed by atoms with Crippen LogP contribution in [0.3, 0.4) is 0 Å². The number of carbonyl (C=O) groups excluding carboxylic acids is 1. The van der Waals surface area contributed by atoms with Gasteiger partial charge in [-0.15, -0.1) is 0 Å². The molecule has 0 spiro atoms. The van der Waals surface area contributed by atoms with Crippen molar-refractivity contribution in [1.82, 2.24) is 14.9 Å². The van der Waals surface area contributed by atoms with Crippen molar-refractivity contribution in [2.75, 3.05) is 13.1 Å². The fourth-order valence-electron chi connectivity index (χ4n) is 4.42. The summed E-state index contributed by atoms with van der Waals surface area (Å²) in [5.74, 6) is 1.41. The van der Waals surface area contributed by atoms with Gasteiger partial charge < -0.3 is 9.64 Å². The number of hydrogen-bond acceptors (Lipinski definition) is 4. The summed E-state index contributed by atoms with van der Waals surface area (Å²) in [6, 6.07) is 0.433. The van der Waals surface area contributed by atoms with Crippen LogP contribution in [-0.2, 0) is 11.2 Å². The summed E-state index contributed by atoms with van der Waals surface area (Å²) >= 11 is 0. The Balaban J connectivity index is 1.48. The van der Waals surface area contributed by atoms with Crippen molar-refractivity contribution in [3.05, 3.63) is 18.0 Å². The topological polar surface area (TPSA) is 55.3 Å². The molecule has 0 bridgehead atoms. The number of piperidine rings is 1. The number of hydrogen-bond donors (Lipinski definition) is 0. The SMILES string of the molecule is CCCCC1CCC(C(=O)N2CCCC(Oc3ncc(CC)cn3)C2)CC1. The van der Waals surface area contributed by atoms with Gasteiger partial charge in [0.2, 0.25) is 5.91 Å². The third-order valence-electron chi connectivity index (χ3n) is 6.21. The van der Waals surface area contributed by atoms with Crippen molar-refractivity contribution in [1.29, 1.82) is 0 Å². The zero-order chi connectivity index (χ0) is 19.1. The first-order chi connectivity index (χ1) is 13.2. The molecular weight excluding hydrogens is 338 g/mol. The maximum absolute atomic E-state index is 13.0. The summed E-state index contributed by atoms with van der Waals surface area (Å²) < 4.78 is 5.97. The smallest absolute Gasteiger partial charge is 0.316 e. The number of aromatic nitrogens is 2. The molecule has 5 nitrogen and oxygen atoms in total. The molecule has 150 valence electrons. The van der Waals surface area contributed by atoms with Crippen LogP contribution in [0, 0.1) is 11.8 Å². The first kappa shape index (κ1) is 20.1. The van der Waals surface area contributed by atoms with Crippen LogP contribution in [0.25, 0.3) is 0 Å². The molecule has 1 unspecified atom stereocenters. The van der Waals surface area contributed by atoms with Gasteiger partial charge in [-0.2, -0.15) is 0 Å². The first-order valence-corrected chi connectivity index (χ1v) is 11.0. The molecule has 0 aromatic carbocycles. The molecule has 2 heterocycles. The van der Waals surface area contributed by atoms with E-state index >= 15 is 0 Å². The molecule has 1 aromatic heterocycles. The molecule has 2 fully saturated rings. The van der Waals surface area contributed by atoms with Gasteiger partial charge in [0.25, 0.3) is 0 Å². The van der Waals surface area contributed by atoms with Crippen LogP contribution >= 0.6 is 0 Å². The lowest BCUT2D eigenvalue weighted by Gasteiger charge is -2.36. The van der Waals surface area contributed by atoms with Gasteiger partial charge in [-0.3, -0.25) is 4.79 Å². The van der Waals surface area contributed by atoms with Crippen LogP contribution in [0.5, 0.6) is 6.01 Å². The fourth-order valence-corrected chi connectivity index (χ4v) is 4.42. The maximum atomic E-state index is 13.0. The third kappa shape index (κ3) is 5.66. The van der Waals surface area contributed by atoms with Gasteiger partial charge in [-0.25, -0.2) is 9.97 Å². The normalized spacial score (nSPS) is 26.0. The summed E-state index contributed by atoms with van der Waals surface area (Å²) in [7, 11) is 0. The lowest BCUT2D eigenvalue weighted by atomic mass is 9.79. The minimum atomic E-state index is 0.0102. The molecular formula is C22H35N3O2. The number of nitrogens with zero attached hydrogens (tertiary/aromatic N) is 3. The monoisotopic (exact) mass is 373 g/mol. The van der Waals surface area contributed by atoms with Crippen molar-refractivity contribution in [3.8, 4) is 6.01 Å². The van der Waals surface area contributed by atoms with Gasteiger partial charge in [-0.1, -0.05) is 33.1 Å². The van der Waals surface area contributed by atoms with Gasteiger partial charge in [0.05, 0.1) is 6.54 Å². The Labute approximate surface area is 163 Å². The summed E-state index contributed by atoms with van der Waals surface area (Å²) in [5, 5.41) is 0. The van der Waals surface area contributed by atoms with Crippen LogP contribution in [0.1, 0.15) is 77.2 Å². The number of unbranched alkanes of at least 4 members (excludes halogenated alkanes) is 1. The summed E-state index contributed by atoms with van der Waals surface area (Å²) in [6.07, 6.45) is 15.1. The zero-order valence-electron chi connectivity index (χ0n) is 17.0. The van der Waals surface area contributed by atoms with Crippen molar-refractivity contribution in [2.24, 2.45) is 11.8 Å². The van der Waals surface area contributed by atoms with Crippen molar-refractivity contribution in [2.45, 2.75) is 84.2 Å². The van der Waals surface area contributed by atoms with E-state index in [2.05, 4.69) is 23.8 Å². The Morgan fingerprint density at radius 3 is 2.56 bits per heavy atom.